The molecule has 2 N–H and O–H groups in total. The van der Waals surface area contributed by atoms with E-state index in [0.29, 0.717) is 45.4 Å². The van der Waals surface area contributed by atoms with Crippen molar-refractivity contribution in [3.63, 3.8) is 0 Å². The number of pyridine rings is 1. The molecule has 292 valence electrons. The van der Waals surface area contributed by atoms with E-state index in [1.54, 1.807) is 78.9 Å². The maximum atomic E-state index is 15.4. The molecule has 8 rings (SSSR count). The molecule has 2 aliphatic heterocycles. The number of halogens is 5. The second kappa shape index (κ2) is 14.5. The van der Waals surface area contributed by atoms with Crippen LogP contribution in [0.25, 0.3) is 6.08 Å². The smallest absolute Gasteiger partial charge is 0.417 e. The summed E-state index contributed by atoms with van der Waals surface area (Å²) in [6.07, 6.45) is -0.584. The van der Waals surface area contributed by atoms with Crippen LogP contribution in [0.4, 0.5) is 24.7 Å². The molecule has 0 spiro atoms. The van der Waals surface area contributed by atoms with Crippen molar-refractivity contribution >= 4 is 64.4 Å². The minimum atomic E-state index is -4.76. The minimum absolute atomic E-state index is 0.0506. The quantitative estimate of drug-likeness (QED) is 0.131. The Labute approximate surface area is 334 Å². The first-order chi connectivity index (χ1) is 27.3. The molecule has 4 aromatic rings. The van der Waals surface area contributed by atoms with E-state index in [9.17, 15) is 32.7 Å². The zero-order valence-electron chi connectivity index (χ0n) is 29.9. The number of imide groups is 2. The number of aromatic nitrogens is 1. The van der Waals surface area contributed by atoms with E-state index in [2.05, 4.69) is 17.0 Å². The van der Waals surface area contributed by atoms with Gasteiger partial charge in [0.25, 0.3) is 11.8 Å². The molecule has 3 aromatic carbocycles. The number of aliphatic hydroxyl groups excluding tert-OH is 1. The van der Waals surface area contributed by atoms with E-state index in [4.69, 9.17) is 27.9 Å². The standard InChI is InChI=1S/C42H33Cl2F3N4O6/c1-2-22-7-13-26(14-8-22)50-37(53)29-16-15-27-30(34(29)39(50)55)20-31-38(54)51(49-36-32(44)19-24(21-48-36)42(45,46)47)40(56)41(31,23-9-11-25(43)12-10-23)35(27)28-5-3-4-6-33(28)57-18-17-52/h2-15,19,21,29-31,34-35,52H,1,16-18,20H2,(H,48,49)/t29-,30+,31-,34-,35+,41+/m0/s1. The third-order valence-electron chi connectivity index (χ3n) is 11.5. The zero-order chi connectivity index (χ0) is 40.4. The van der Waals surface area contributed by atoms with Gasteiger partial charge in [-0.1, -0.05) is 90.0 Å². The van der Waals surface area contributed by atoms with Crippen LogP contribution in [0.3, 0.4) is 0 Å². The van der Waals surface area contributed by atoms with Gasteiger partial charge in [-0.05, 0) is 66.3 Å². The fourth-order valence-corrected chi connectivity index (χ4v) is 9.48. The average Bonchev–Trinajstić information content (AvgIpc) is 3.58. The van der Waals surface area contributed by atoms with Gasteiger partial charge in [0.2, 0.25) is 11.8 Å². The Hall–Kier alpha value is -5.50. The zero-order valence-corrected chi connectivity index (χ0v) is 31.4. The number of nitrogens with zero attached hydrogens (tertiary/aromatic N) is 3. The molecule has 0 bridgehead atoms. The van der Waals surface area contributed by atoms with E-state index < -0.39 is 69.5 Å². The van der Waals surface area contributed by atoms with Gasteiger partial charge < -0.3 is 9.84 Å². The second-order valence-electron chi connectivity index (χ2n) is 14.3. The van der Waals surface area contributed by atoms with Crippen LogP contribution in [0.5, 0.6) is 5.75 Å². The molecule has 15 heteroatoms. The predicted molar refractivity (Wildman–Crippen MR) is 205 cm³/mol. The van der Waals surface area contributed by atoms with E-state index in [0.717, 1.165) is 10.6 Å². The number of allylic oxidation sites excluding steroid dienone is 2. The van der Waals surface area contributed by atoms with Crippen molar-refractivity contribution < 1.29 is 42.2 Å². The Morgan fingerprint density at radius 3 is 2.35 bits per heavy atom. The van der Waals surface area contributed by atoms with Gasteiger partial charge in [-0.25, -0.2) is 4.98 Å². The lowest BCUT2D eigenvalue weighted by atomic mass is 9.49. The highest BCUT2D eigenvalue weighted by molar-refractivity contribution is 6.33. The summed E-state index contributed by atoms with van der Waals surface area (Å²) >= 11 is 12.6. The maximum absolute atomic E-state index is 15.4. The Bertz CT molecular complexity index is 2350. The Kier molecular flexibility index (Phi) is 9.74. The summed E-state index contributed by atoms with van der Waals surface area (Å²) in [5, 5.41) is 10.3. The third kappa shape index (κ3) is 6.10. The number of aliphatic hydroxyl groups is 1. The molecule has 0 unspecified atom stereocenters. The monoisotopic (exact) mass is 816 g/mol. The summed E-state index contributed by atoms with van der Waals surface area (Å²) < 4.78 is 46.6. The van der Waals surface area contributed by atoms with Crippen molar-refractivity contribution in [3.8, 4) is 5.75 Å². The van der Waals surface area contributed by atoms with E-state index in [-0.39, 0.29) is 37.8 Å². The summed E-state index contributed by atoms with van der Waals surface area (Å²) in [5.74, 6) is -6.98. The minimum Gasteiger partial charge on any atom is -0.491 e. The highest BCUT2D eigenvalue weighted by Gasteiger charge is 2.70. The Morgan fingerprint density at radius 1 is 0.965 bits per heavy atom. The SMILES string of the molecule is C=Cc1ccc(N2C(=O)[C@H]3[C@H](CC=C4[C@H]3C[C@H]3C(=O)N(Nc5ncc(C(F)(F)F)cc5Cl)C(=O)[C@@]3(c3ccc(Cl)cc3)[C@H]4c3ccccc3OCCO)C2=O)cc1. The molecule has 3 heterocycles. The highest BCUT2D eigenvalue weighted by Crippen LogP contribution is 2.65. The first kappa shape index (κ1) is 38.4. The summed E-state index contributed by atoms with van der Waals surface area (Å²) in [6.45, 7) is 3.35. The highest BCUT2D eigenvalue weighted by atomic mass is 35.5. The largest absolute Gasteiger partial charge is 0.491 e. The first-order valence-electron chi connectivity index (χ1n) is 18.1. The van der Waals surface area contributed by atoms with Gasteiger partial charge in [0.1, 0.15) is 12.4 Å². The fourth-order valence-electron chi connectivity index (χ4n) is 9.15. The van der Waals surface area contributed by atoms with Crippen LogP contribution in [0, 0.1) is 23.7 Å². The molecule has 6 atom stereocenters. The maximum Gasteiger partial charge on any atom is 0.417 e. The number of amides is 4. The van der Waals surface area contributed by atoms with E-state index >= 15 is 4.79 Å². The number of nitrogens with one attached hydrogen (secondary N) is 1. The number of hydrazine groups is 1. The predicted octanol–water partition coefficient (Wildman–Crippen LogP) is 7.61. The summed E-state index contributed by atoms with van der Waals surface area (Å²) in [5.41, 5.74) is 2.44. The van der Waals surface area contributed by atoms with Crippen LogP contribution in [0.1, 0.15) is 41.0 Å². The van der Waals surface area contributed by atoms with Gasteiger partial charge in [-0.2, -0.15) is 18.2 Å². The molecule has 57 heavy (non-hydrogen) atoms. The van der Waals surface area contributed by atoms with Crippen molar-refractivity contribution in [2.45, 2.75) is 30.4 Å². The molecular formula is C42H33Cl2F3N4O6. The lowest BCUT2D eigenvalue weighted by Crippen LogP contribution is -2.53. The van der Waals surface area contributed by atoms with Crippen LogP contribution in [-0.2, 0) is 30.8 Å². The van der Waals surface area contributed by atoms with Crippen molar-refractivity contribution in [3.05, 3.63) is 136 Å². The number of carbonyl (C=O) groups excluding carboxylic acids is 4. The van der Waals surface area contributed by atoms with Gasteiger partial charge in [0.15, 0.2) is 5.82 Å². The Balaban J connectivity index is 1.31. The summed E-state index contributed by atoms with van der Waals surface area (Å²) in [6, 6.07) is 20.8. The third-order valence-corrected chi connectivity index (χ3v) is 12.1. The molecule has 2 aliphatic carbocycles. The molecule has 3 fully saturated rings. The Morgan fingerprint density at radius 2 is 1.68 bits per heavy atom. The molecule has 4 amide bonds. The molecule has 10 nitrogen and oxygen atoms in total. The number of carbonyl (C=O) groups is 4. The van der Waals surface area contributed by atoms with Crippen LogP contribution in [0.2, 0.25) is 10.0 Å². The van der Waals surface area contributed by atoms with Crippen molar-refractivity contribution in [1.82, 2.24) is 9.99 Å². The second-order valence-corrected chi connectivity index (χ2v) is 15.2. The fraction of sp³-hybridized carbons (Fsp3) is 0.262. The first-order valence-corrected chi connectivity index (χ1v) is 18.8. The van der Waals surface area contributed by atoms with Crippen molar-refractivity contribution in [2.24, 2.45) is 23.7 Å². The molecule has 0 radical (unpaired) electrons. The number of alkyl halides is 3. The number of anilines is 2. The average molecular weight is 818 g/mol. The van der Waals surface area contributed by atoms with Crippen LogP contribution in [-0.4, -0.2) is 51.9 Å². The van der Waals surface area contributed by atoms with Gasteiger partial charge in [-0.15, -0.1) is 0 Å². The normalized spacial score (nSPS) is 25.5. The summed E-state index contributed by atoms with van der Waals surface area (Å²) in [4.78, 5) is 64.1. The van der Waals surface area contributed by atoms with Crippen molar-refractivity contribution in [2.75, 3.05) is 23.5 Å². The van der Waals surface area contributed by atoms with Crippen LogP contribution in [0.15, 0.2) is 103 Å². The number of fused-ring (bicyclic) bond motifs is 4. The number of para-hydroxylation sites is 1. The number of ether oxygens (including phenoxy) is 1. The van der Waals surface area contributed by atoms with Gasteiger partial charge in [-0.3, -0.25) is 29.5 Å². The molecule has 2 saturated heterocycles. The van der Waals surface area contributed by atoms with E-state index in [1.807, 2.05) is 6.08 Å². The lowest BCUT2D eigenvalue weighted by molar-refractivity contribution is -0.139. The molecular weight excluding hydrogens is 784 g/mol. The topological polar surface area (TPSA) is 129 Å². The van der Waals surface area contributed by atoms with Crippen LogP contribution >= 0.6 is 23.2 Å². The lowest BCUT2D eigenvalue weighted by Gasteiger charge is -2.50. The van der Waals surface area contributed by atoms with E-state index in [1.165, 1.54) is 4.90 Å². The van der Waals surface area contributed by atoms with Crippen molar-refractivity contribution in [1.29, 1.82) is 0 Å². The van der Waals surface area contributed by atoms with Crippen LogP contribution < -0.4 is 15.1 Å². The number of rotatable bonds is 9. The van der Waals surface area contributed by atoms with Gasteiger partial charge >= 0.3 is 6.18 Å². The number of benzene rings is 3. The van der Waals surface area contributed by atoms with Gasteiger partial charge in [0.05, 0.1) is 46.0 Å². The number of hydrogen-bond acceptors (Lipinski definition) is 8. The molecule has 1 aromatic heterocycles. The molecule has 4 aliphatic rings. The van der Waals surface area contributed by atoms with Gasteiger partial charge in [0, 0.05) is 22.7 Å². The summed E-state index contributed by atoms with van der Waals surface area (Å²) in [7, 11) is 0. The number of hydrogen-bond donors (Lipinski definition) is 2. The molecule has 1 saturated carbocycles.